The van der Waals surface area contributed by atoms with Gasteiger partial charge in [0.1, 0.15) is 5.69 Å². The first kappa shape index (κ1) is 11.3. The smallest absolute Gasteiger partial charge is 0.268 e. The van der Waals surface area contributed by atoms with E-state index in [9.17, 15) is 4.79 Å². The Labute approximate surface area is 100 Å². The normalized spacial score (nSPS) is 10.2. The van der Waals surface area contributed by atoms with Crippen LogP contribution in [0.3, 0.4) is 0 Å². The molecule has 0 aliphatic heterocycles. The van der Waals surface area contributed by atoms with Crippen molar-refractivity contribution >= 4 is 11.6 Å². The van der Waals surface area contributed by atoms with Crippen LogP contribution in [0, 0.1) is 0 Å². The van der Waals surface area contributed by atoms with Crippen LogP contribution in [0.15, 0.2) is 42.6 Å². The molecule has 0 saturated heterocycles. The molecule has 1 heterocycles. The fourth-order valence-corrected chi connectivity index (χ4v) is 1.61. The zero-order chi connectivity index (χ0) is 12.3. The predicted octanol–water partition coefficient (Wildman–Crippen LogP) is 1.54. The van der Waals surface area contributed by atoms with Gasteiger partial charge in [-0.1, -0.05) is 12.1 Å². The Kier molecular flexibility index (Phi) is 3.14. The summed E-state index contributed by atoms with van der Waals surface area (Å²) in [5, 5.41) is 2.86. The molecule has 1 aromatic heterocycles. The number of benzene rings is 1. The maximum absolute atomic E-state index is 11.8. The molecule has 17 heavy (non-hydrogen) atoms. The van der Waals surface area contributed by atoms with Gasteiger partial charge in [0.05, 0.1) is 0 Å². The number of hydrogen-bond donors (Lipinski definition) is 2. The quantitative estimate of drug-likeness (QED) is 0.784. The topological polar surface area (TPSA) is 60.0 Å². The first-order chi connectivity index (χ1) is 8.16. The van der Waals surface area contributed by atoms with Crippen molar-refractivity contribution < 1.29 is 4.79 Å². The van der Waals surface area contributed by atoms with E-state index in [2.05, 4.69) is 5.32 Å². The molecule has 1 aromatic carbocycles. The van der Waals surface area contributed by atoms with Gasteiger partial charge in [0.25, 0.3) is 5.91 Å². The molecule has 4 nitrogen and oxygen atoms in total. The average Bonchev–Trinajstić information content (AvgIpc) is 2.74. The molecule has 2 aromatic rings. The molecule has 1 amide bonds. The molecule has 2 rings (SSSR count). The van der Waals surface area contributed by atoms with Gasteiger partial charge in [0.2, 0.25) is 0 Å². The first-order valence-corrected chi connectivity index (χ1v) is 5.41. The number of aromatic nitrogens is 1. The SMILES string of the molecule is Cn1cccc1C(=O)NCc1ccc(N)cc1. The van der Waals surface area contributed by atoms with E-state index in [-0.39, 0.29) is 5.91 Å². The van der Waals surface area contributed by atoms with E-state index in [0.29, 0.717) is 12.2 Å². The molecule has 0 atom stereocenters. The second kappa shape index (κ2) is 4.74. The van der Waals surface area contributed by atoms with Crippen LogP contribution in [0.4, 0.5) is 5.69 Å². The van der Waals surface area contributed by atoms with Crippen LogP contribution < -0.4 is 11.1 Å². The molecule has 0 fully saturated rings. The number of rotatable bonds is 3. The van der Waals surface area contributed by atoms with Gasteiger partial charge in [-0.2, -0.15) is 0 Å². The molecular weight excluding hydrogens is 214 g/mol. The van der Waals surface area contributed by atoms with Crippen LogP contribution in [-0.4, -0.2) is 10.5 Å². The highest BCUT2D eigenvalue weighted by molar-refractivity contribution is 5.92. The summed E-state index contributed by atoms with van der Waals surface area (Å²) in [5.41, 5.74) is 8.00. The number of carbonyl (C=O) groups is 1. The fourth-order valence-electron chi connectivity index (χ4n) is 1.61. The largest absolute Gasteiger partial charge is 0.399 e. The molecular formula is C13H15N3O. The Morgan fingerprint density at radius 1 is 1.29 bits per heavy atom. The minimum absolute atomic E-state index is 0.0747. The second-order valence-electron chi connectivity index (χ2n) is 3.93. The van der Waals surface area contributed by atoms with Crippen molar-refractivity contribution in [3.8, 4) is 0 Å². The van der Waals surface area contributed by atoms with Crippen LogP contribution in [0.25, 0.3) is 0 Å². The number of aryl methyl sites for hydroxylation is 1. The maximum Gasteiger partial charge on any atom is 0.268 e. The summed E-state index contributed by atoms with van der Waals surface area (Å²) in [6.45, 7) is 0.504. The van der Waals surface area contributed by atoms with Gasteiger partial charge < -0.3 is 15.6 Å². The van der Waals surface area contributed by atoms with Gasteiger partial charge in [0.15, 0.2) is 0 Å². The summed E-state index contributed by atoms with van der Waals surface area (Å²) in [7, 11) is 1.85. The minimum atomic E-state index is -0.0747. The zero-order valence-electron chi connectivity index (χ0n) is 9.68. The van der Waals surface area contributed by atoms with E-state index < -0.39 is 0 Å². The van der Waals surface area contributed by atoms with Gasteiger partial charge in [0, 0.05) is 25.5 Å². The lowest BCUT2D eigenvalue weighted by atomic mass is 10.2. The van der Waals surface area contributed by atoms with Gasteiger partial charge in [-0.25, -0.2) is 0 Å². The summed E-state index contributed by atoms with van der Waals surface area (Å²) in [6, 6.07) is 11.1. The summed E-state index contributed by atoms with van der Waals surface area (Å²) < 4.78 is 1.79. The van der Waals surface area contributed by atoms with Gasteiger partial charge >= 0.3 is 0 Å². The zero-order valence-corrected chi connectivity index (χ0v) is 9.68. The molecule has 0 aliphatic rings. The molecule has 88 valence electrons. The summed E-state index contributed by atoms with van der Waals surface area (Å²) in [4.78, 5) is 11.8. The number of hydrogen-bond acceptors (Lipinski definition) is 2. The lowest BCUT2D eigenvalue weighted by Gasteiger charge is -2.06. The standard InChI is InChI=1S/C13H15N3O/c1-16-8-2-3-12(16)13(17)15-9-10-4-6-11(14)7-5-10/h2-8H,9,14H2,1H3,(H,15,17). The summed E-state index contributed by atoms with van der Waals surface area (Å²) in [6.07, 6.45) is 1.85. The Balaban J connectivity index is 1.97. The molecule has 4 heteroatoms. The lowest BCUT2D eigenvalue weighted by Crippen LogP contribution is -2.24. The third-order valence-electron chi connectivity index (χ3n) is 2.61. The van der Waals surface area contributed by atoms with Gasteiger partial charge in [-0.3, -0.25) is 4.79 Å². The van der Waals surface area contributed by atoms with Gasteiger partial charge in [-0.15, -0.1) is 0 Å². The summed E-state index contributed by atoms with van der Waals surface area (Å²) in [5.74, 6) is -0.0747. The molecule has 0 aliphatic carbocycles. The highest BCUT2D eigenvalue weighted by atomic mass is 16.1. The van der Waals surface area contributed by atoms with Crippen LogP contribution in [-0.2, 0) is 13.6 Å². The Hall–Kier alpha value is -2.23. The predicted molar refractivity (Wildman–Crippen MR) is 67.4 cm³/mol. The molecule has 0 unspecified atom stereocenters. The van der Waals surface area contributed by atoms with Crippen LogP contribution >= 0.6 is 0 Å². The number of nitrogen functional groups attached to an aromatic ring is 1. The van der Waals surface area contributed by atoms with E-state index >= 15 is 0 Å². The lowest BCUT2D eigenvalue weighted by molar-refractivity contribution is 0.0943. The van der Waals surface area contributed by atoms with E-state index in [0.717, 1.165) is 11.3 Å². The maximum atomic E-state index is 11.8. The molecule has 3 N–H and O–H groups in total. The van der Waals surface area contributed by atoms with Crippen molar-refractivity contribution in [2.45, 2.75) is 6.54 Å². The van der Waals surface area contributed by atoms with Crippen LogP contribution in [0.5, 0.6) is 0 Å². The van der Waals surface area contributed by atoms with Crippen molar-refractivity contribution in [3.05, 3.63) is 53.9 Å². The van der Waals surface area contributed by atoms with Crippen molar-refractivity contribution in [2.75, 3.05) is 5.73 Å². The molecule has 0 bridgehead atoms. The monoisotopic (exact) mass is 229 g/mol. The molecule has 0 saturated carbocycles. The first-order valence-electron chi connectivity index (χ1n) is 5.41. The van der Waals surface area contributed by atoms with Crippen molar-refractivity contribution in [2.24, 2.45) is 7.05 Å². The number of amides is 1. The summed E-state index contributed by atoms with van der Waals surface area (Å²) >= 11 is 0. The van der Waals surface area contributed by atoms with Gasteiger partial charge in [-0.05, 0) is 29.8 Å². The minimum Gasteiger partial charge on any atom is -0.399 e. The van der Waals surface area contributed by atoms with Crippen LogP contribution in [0.2, 0.25) is 0 Å². The Bertz CT molecular complexity index is 514. The van der Waals surface area contributed by atoms with E-state index in [1.54, 1.807) is 10.6 Å². The average molecular weight is 229 g/mol. The van der Waals surface area contributed by atoms with Crippen molar-refractivity contribution in [3.63, 3.8) is 0 Å². The van der Waals surface area contributed by atoms with Crippen molar-refractivity contribution in [1.29, 1.82) is 0 Å². The number of nitrogens with one attached hydrogen (secondary N) is 1. The van der Waals surface area contributed by atoms with E-state index in [1.165, 1.54) is 0 Å². The van der Waals surface area contributed by atoms with Crippen LogP contribution in [0.1, 0.15) is 16.1 Å². The molecule has 0 radical (unpaired) electrons. The number of nitrogens with two attached hydrogens (primary N) is 1. The third kappa shape index (κ3) is 2.66. The number of nitrogens with zero attached hydrogens (tertiary/aromatic N) is 1. The number of anilines is 1. The second-order valence-corrected chi connectivity index (χ2v) is 3.93. The molecule has 0 spiro atoms. The third-order valence-corrected chi connectivity index (χ3v) is 2.61. The fraction of sp³-hybridized carbons (Fsp3) is 0.154. The Morgan fingerprint density at radius 3 is 2.59 bits per heavy atom. The highest BCUT2D eigenvalue weighted by Crippen LogP contribution is 2.05. The number of carbonyl (C=O) groups excluding carboxylic acids is 1. The van der Waals surface area contributed by atoms with E-state index in [1.807, 2.05) is 43.6 Å². The van der Waals surface area contributed by atoms with E-state index in [4.69, 9.17) is 5.73 Å². The Morgan fingerprint density at radius 2 is 2.00 bits per heavy atom. The highest BCUT2D eigenvalue weighted by Gasteiger charge is 2.07. The van der Waals surface area contributed by atoms with Crippen molar-refractivity contribution in [1.82, 2.24) is 9.88 Å².